The summed E-state index contributed by atoms with van der Waals surface area (Å²) in [6.07, 6.45) is 2.72. The maximum absolute atomic E-state index is 10.3. The van der Waals surface area contributed by atoms with Crippen LogP contribution in [0.4, 0.5) is 0 Å². The Morgan fingerprint density at radius 1 is 1.50 bits per heavy atom. The van der Waals surface area contributed by atoms with E-state index in [1.807, 2.05) is 0 Å². The van der Waals surface area contributed by atoms with Crippen LogP contribution in [0, 0.1) is 0 Å². The van der Waals surface area contributed by atoms with Crippen molar-refractivity contribution in [1.82, 2.24) is 0 Å². The summed E-state index contributed by atoms with van der Waals surface area (Å²) in [5.74, 6) is 1.24. The second-order valence-electron chi connectivity index (χ2n) is 1.92. The van der Waals surface area contributed by atoms with Crippen LogP contribution in [0.2, 0.25) is 0 Å². The average Bonchev–Trinajstić information content (AvgIpc) is 2.00. The van der Waals surface area contributed by atoms with Crippen molar-refractivity contribution in [3.8, 4) is 0 Å². The molecular formula is C6H10Cl2O3P+. The average molecular weight is 232 g/mol. The monoisotopic (exact) mass is 231 g/mol. The lowest BCUT2D eigenvalue weighted by Crippen LogP contribution is -1.87. The smallest absolute Gasteiger partial charge is 0.234 e. The van der Waals surface area contributed by atoms with E-state index in [4.69, 9.17) is 28.1 Å². The van der Waals surface area contributed by atoms with Gasteiger partial charge in [0.2, 0.25) is 0 Å². The minimum atomic E-state index is -2.59. The fourth-order valence-electron chi connectivity index (χ4n) is 0.594. The van der Waals surface area contributed by atoms with Gasteiger partial charge < -0.3 is 0 Å². The van der Waals surface area contributed by atoms with Crippen molar-refractivity contribution in [1.29, 1.82) is 0 Å². The summed E-state index contributed by atoms with van der Waals surface area (Å²) in [5, 5.41) is 0. The maximum atomic E-state index is 10.3. The molecule has 0 aliphatic heterocycles. The zero-order valence-corrected chi connectivity index (χ0v) is 8.78. The van der Waals surface area contributed by atoms with Crippen molar-refractivity contribution in [2.45, 2.75) is 12.8 Å². The van der Waals surface area contributed by atoms with E-state index in [0.717, 1.165) is 0 Å². The minimum Gasteiger partial charge on any atom is -0.234 e. The molecule has 3 nitrogen and oxygen atoms in total. The Morgan fingerprint density at radius 2 is 2.17 bits per heavy atom. The van der Waals surface area contributed by atoms with Crippen LogP contribution in [-0.4, -0.2) is 16.7 Å². The summed E-state index contributed by atoms with van der Waals surface area (Å²) in [4.78, 5) is 8.42. The van der Waals surface area contributed by atoms with Gasteiger partial charge in [-0.15, -0.1) is 28.1 Å². The first-order valence-electron chi connectivity index (χ1n) is 3.35. The Balaban J connectivity index is 3.93. The molecule has 1 atom stereocenters. The molecule has 0 aliphatic carbocycles. The summed E-state index contributed by atoms with van der Waals surface area (Å²) in [6, 6.07) is 0. The third-order valence-corrected chi connectivity index (χ3v) is 1.82. The zero-order chi connectivity index (χ0) is 9.40. The van der Waals surface area contributed by atoms with Crippen LogP contribution >= 0.6 is 31.5 Å². The van der Waals surface area contributed by atoms with Gasteiger partial charge in [0.25, 0.3) is 0 Å². The zero-order valence-electron chi connectivity index (χ0n) is 6.37. The van der Waals surface area contributed by atoms with Gasteiger partial charge in [-0.1, -0.05) is 0 Å². The molecule has 0 radical (unpaired) electrons. The Bertz CT molecular complexity index is 172. The molecule has 0 aromatic carbocycles. The third-order valence-electron chi connectivity index (χ3n) is 1.02. The van der Waals surface area contributed by atoms with Gasteiger partial charge in [-0.05, 0) is 12.5 Å². The summed E-state index contributed by atoms with van der Waals surface area (Å²) in [6.45, 7) is 0. The standard InChI is InChI=1S/C6H9Cl2O3P/c7-4-1-2-6(3-5-8)11-12(9)10/h2H,1,3-5H2/p+1. The van der Waals surface area contributed by atoms with E-state index in [0.29, 0.717) is 30.4 Å². The highest BCUT2D eigenvalue weighted by atomic mass is 35.5. The highest BCUT2D eigenvalue weighted by molar-refractivity contribution is 7.32. The van der Waals surface area contributed by atoms with Crippen molar-refractivity contribution >= 4 is 31.5 Å². The van der Waals surface area contributed by atoms with Gasteiger partial charge in [0, 0.05) is 22.7 Å². The number of hydrogen-bond donors (Lipinski definition) is 1. The lowest BCUT2D eigenvalue weighted by molar-refractivity contribution is 0.343. The number of alkyl halides is 2. The van der Waals surface area contributed by atoms with Gasteiger partial charge in [-0.25, -0.2) is 4.52 Å². The molecule has 0 aromatic heterocycles. The van der Waals surface area contributed by atoms with E-state index in [9.17, 15) is 4.57 Å². The van der Waals surface area contributed by atoms with E-state index in [2.05, 4.69) is 4.52 Å². The molecule has 0 rings (SSSR count). The van der Waals surface area contributed by atoms with Crippen LogP contribution in [0.3, 0.4) is 0 Å². The first kappa shape index (κ1) is 12.2. The van der Waals surface area contributed by atoms with Gasteiger partial charge in [-0.3, -0.25) is 0 Å². The number of allylic oxidation sites excluding steroid dienone is 2. The number of hydrogen-bond acceptors (Lipinski definition) is 2. The van der Waals surface area contributed by atoms with E-state index in [-0.39, 0.29) is 0 Å². The molecule has 6 heteroatoms. The summed E-state index contributed by atoms with van der Waals surface area (Å²) in [5.41, 5.74) is 0. The topological polar surface area (TPSA) is 46.5 Å². The maximum Gasteiger partial charge on any atom is 0.747 e. The highest BCUT2D eigenvalue weighted by Gasteiger charge is 2.15. The second-order valence-corrected chi connectivity index (χ2v) is 3.33. The van der Waals surface area contributed by atoms with Crippen LogP contribution in [0.1, 0.15) is 12.8 Å². The first-order valence-corrected chi connectivity index (χ1v) is 5.55. The van der Waals surface area contributed by atoms with Crippen LogP contribution in [0.25, 0.3) is 0 Å². The molecule has 0 aliphatic rings. The SMILES string of the molecule is O=[P+](O)OC(=CCCCl)CCCl. The van der Waals surface area contributed by atoms with Gasteiger partial charge in [-0.2, -0.15) is 0 Å². The Labute approximate surface area is 82.3 Å². The number of rotatable bonds is 6. The molecule has 0 heterocycles. The van der Waals surface area contributed by atoms with Crippen molar-refractivity contribution in [3.05, 3.63) is 11.8 Å². The summed E-state index contributed by atoms with van der Waals surface area (Å²) >= 11 is 10.8. The van der Waals surface area contributed by atoms with Crippen molar-refractivity contribution < 1.29 is 14.0 Å². The lowest BCUT2D eigenvalue weighted by Gasteiger charge is -1.94. The fourth-order valence-corrected chi connectivity index (χ4v) is 1.26. The van der Waals surface area contributed by atoms with E-state index in [1.165, 1.54) is 0 Å². The molecule has 12 heavy (non-hydrogen) atoms. The van der Waals surface area contributed by atoms with Crippen LogP contribution in [-0.2, 0) is 9.09 Å². The molecule has 0 amide bonds. The highest BCUT2D eigenvalue weighted by Crippen LogP contribution is 2.23. The second kappa shape index (κ2) is 7.81. The van der Waals surface area contributed by atoms with Crippen LogP contribution in [0.5, 0.6) is 0 Å². The Morgan fingerprint density at radius 3 is 2.58 bits per heavy atom. The normalized spacial score (nSPS) is 12.9. The van der Waals surface area contributed by atoms with Crippen LogP contribution in [0.15, 0.2) is 11.8 Å². The van der Waals surface area contributed by atoms with E-state index < -0.39 is 8.25 Å². The molecule has 0 bridgehead atoms. The molecule has 1 N–H and O–H groups in total. The Kier molecular flexibility index (Phi) is 7.93. The summed E-state index contributed by atoms with van der Waals surface area (Å²) in [7, 11) is -2.59. The molecule has 0 saturated carbocycles. The molecule has 0 spiro atoms. The molecule has 0 fully saturated rings. The molecule has 0 saturated heterocycles. The van der Waals surface area contributed by atoms with Crippen molar-refractivity contribution in [2.75, 3.05) is 11.8 Å². The Hall–Kier alpha value is 0.180. The van der Waals surface area contributed by atoms with Crippen molar-refractivity contribution in [2.24, 2.45) is 0 Å². The largest absolute Gasteiger partial charge is 0.747 e. The lowest BCUT2D eigenvalue weighted by atomic mass is 10.3. The molecule has 1 unspecified atom stereocenters. The van der Waals surface area contributed by atoms with Gasteiger partial charge >= 0.3 is 8.25 Å². The first-order chi connectivity index (χ1) is 5.70. The van der Waals surface area contributed by atoms with Crippen LogP contribution < -0.4 is 0 Å². The number of halogens is 2. The van der Waals surface area contributed by atoms with Gasteiger partial charge in [0.1, 0.15) is 0 Å². The summed E-state index contributed by atoms with van der Waals surface area (Å²) < 4.78 is 14.8. The van der Waals surface area contributed by atoms with Gasteiger partial charge in [0.05, 0.1) is 0 Å². The predicted octanol–water partition coefficient (Wildman–Crippen LogP) is 2.79. The van der Waals surface area contributed by atoms with E-state index in [1.54, 1.807) is 6.08 Å². The van der Waals surface area contributed by atoms with Crippen molar-refractivity contribution in [3.63, 3.8) is 0 Å². The molecule has 0 aromatic rings. The van der Waals surface area contributed by atoms with Gasteiger partial charge in [0.15, 0.2) is 5.76 Å². The predicted molar refractivity (Wildman–Crippen MR) is 49.7 cm³/mol. The fraction of sp³-hybridized carbons (Fsp3) is 0.667. The molecule has 70 valence electrons. The third kappa shape index (κ3) is 6.86. The quantitative estimate of drug-likeness (QED) is 0.435. The molecular weight excluding hydrogens is 222 g/mol. The minimum absolute atomic E-state index is 0.358. The van der Waals surface area contributed by atoms with E-state index >= 15 is 0 Å².